The third kappa shape index (κ3) is 3.59. The van der Waals surface area contributed by atoms with Gasteiger partial charge >= 0.3 is 0 Å². The molecule has 1 saturated heterocycles. The molecule has 0 unspecified atom stereocenters. The molecule has 2 aromatic heterocycles. The zero-order valence-electron chi connectivity index (χ0n) is 15.9. The van der Waals surface area contributed by atoms with Crippen molar-refractivity contribution in [1.82, 2.24) is 24.4 Å². The lowest BCUT2D eigenvalue weighted by molar-refractivity contribution is -0.0675. The van der Waals surface area contributed by atoms with E-state index in [0.717, 1.165) is 42.9 Å². The van der Waals surface area contributed by atoms with Gasteiger partial charge in [0.25, 0.3) is 0 Å². The molecule has 0 aromatic carbocycles. The fourth-order valence-corrected chi connectivity index (χ4v) is 3.72. The molecule has 2 aromatic rings. The first-order valence-corrected chi connectivity index (χ1v) is 9.58. The monoisotopic (exact) mass is 356 g/mol. The highest BCUT2D eigenvalue weighted by molar-refractivity contribution is 5.37. The van der Waals surface area contributed by atoms with Crippen molar-refractivity contribution >= 4 is 5.82 Å². The van der Waals surface area contributed by atoms with Gasteiger partial charge in [0.05, 0.1) is 18.8 Å². The zero-order valence-corrected chi connectivity index (χ0v) is 15.9. The van der Waals surface area contributed by atoms with Crippen LogP contribution in [0.3, 0.4) is 0 Å². The number of anilines is 1. The molecule has 7 heteroatoms. The van der Waals surface area contributed by atoms with Crippen LogP contribution in [0.1, 0.15) is 49.1 Å². The second-order valence-electron chi connectivity index (χ2n) is 7.29. The topological polar surface area (TPSA) is 68.1 Å². The van der Waals surface area contributed by atoms with Crippen LogP contribution in [-0.4, -0.2) is 56.8 Å². The Balaban J connectivity index is 1.51. The molecule has 0 bridgehead atoms. The largest absolute Gasteiger partial charge is 0.373 e. The van der Waals surface area contributed by atoms with Crippen LogP contribution in [0.15, 0.2) is 18.5 Å². The Morgan fingerprint density at radius 3 is 2.85 bits per heavy atom. The van der Waals surface area contributed by atoms with Gasteiger partial charge in [-0.25, -0.2) is 15.0 Å². The van der Waals surface area contributed by atoms with Gasteiger partial charge in [0.15, 0.2) is 0 Å². The molecule has 26 heavy (non-hydrogen) atoms. The van der Waals surface area contributed by atoms with E-state index in [1.165, 1.54) is 12.8 Å². The lowest BCUT2D eigenvalue weighted by Gasteiger charge is -2.40. The first-order chi connectivity index (χ1) is 12.7. The van der Waals surface area contributed by atoms with Crippen LogP contribution >= 0.6 is 0 Å². The van der Waals surface area contributed by atoms with Gasteiger partial charge in [0.1, 0.15) is 17.5 Å². The number of aryl methyl sites for hydroxylation is 2. The van der Waals surface area contributed by atoms with Crippen LogP contribution in [0.4, 0.5) is 5.82 Å². The molecule has 2 aliphatic rings. The predicted octanol–water partition coefficient (Wildman–Crippen LogP) is 2.27. The number of hydrogen-bond acceptors (Lipinski definition) is 6. The Labute approximate surface area is 154 Å². The van der Waals surface area contributed by atoms with Gasteiger partial charge in [-0.15, -0.1) is 0 Å². The maximum absolute atomic E-state index is 6.14. The number of hydrogen-bond donors (Lipinski definition) is 1. The molecule has 0 spiro atoms. The van der Waals surface area contributed by atoms with Gasteiger partial charge in [-0.1, -0.05) is 6.92 Å². The molecule has 1 N–H and O–H groups in total. The summed E-state index contributed by atoms with van der Waals surface area (Å²) in [4.78, 5) is 16.3. The maximum atomic E-state index is 6.14. The molecular weight excluding hydrogens is 328 g/mol. The molecule has 0 amide bonds. The van der Waals surface area contributed by atoms with Crippen molar-refractivity contribution in [2.45, 2.75) is 44.8 Å². The van der Waals surface area contributed by atoms with Crippen molar-refractivity contribution in [1.29, 1.82) is 0 Å². The fraction of sp³-hybridized carbons (Fsp3) is 0.632. The molecule has 2 fully saturated rings. The summed E-state index contributed by atoms with van der Waals surface area (Å²) >= 11 is 0. The van der Waals surface area contributed by atoms with E-state index in [1.54, 1.807) is 0 Å². The molecule has 1 aliphatic carbocycles. The number of rotatable bonds is 6. The van der Waals surface area contributed by atoms with Gasteiger partial charge in [-0.05, 0) is 26.3 Å². The normalized spacial score (nSPS) is 24.0. The van der Waals surface area contributed by atoms with Crippen molar-refractivity contribution in [2.75, 3.05) is 31.6 Å². The Bertz CT molecular complexity index is 756. The SMILES string of the molecule is CCN1CCO[C@@H](CNc2cc(C)nc(C3CC3)n2)[C@@H]1c1nccn1C. The van der Waals surface area contributed by atoms with Crippen molar-refractivity contribution in [2.24, 2.45) is 7.05 Å². The number of likely N-dealkylation sites (N-methyl/N-ethyl adjacent to an activating group) is 1. The molecule has 4 rings (SSSR count). The number of aromatic nitrogens is 4. The first kappa shape index (κ1) is 17.4. The number of imidazole rings is 1. The van der Waals surface area contributed by atoms with Crippen LogP contribution in [0, 0.1) is 6.92 Å². The quantitative estimate of drug-likeness (QED) is 0.856. The average Bonchev–Trinajstić information content (AvgIpc) is 3.41. The standard InChI is InChI=1S/C19H28N6O/c1-4-25-9-10-26-15(17(25)19-20-7-8-24(19)3)12-21-16-11-13(2)22-18(23-16)14-5-6-14/h7-8,11,14-15,17H,4-6,9-10,12H2,1-3H3,(H,21,22,23)/t15-,17+/m0/s1. The molecule has 140 valence electrons. The van der Waals surface area contributed by atoms with E-state index in [0.29, 0.717) is 12.5 Å². The molecule has 1 saturated carbocycles. The van der Waals surface area contributed by atoms with Crippen molar-refractivity contribution in [3.05, 3.63) is 35.8 Å². The molecule has 0 radical (unpaired) electrons. The molecular formula is C19H28N6O. The van der Waals surface area contributed by atoms with Gasteiger partial charge in [-0.2, -0.15) is 0 Å². The highest BCUT2D eigenvalue weighted by atomic mass is 16.5. The fourth-order valence-electron chi connectivity index (χ4n) is 3.72. The van der Waals surface area contributed by atoms with E-state index < -0.39 is 0 Å². The minimum Gasteiger partial charge on any atom is -0.373 e. The van der Waals surface area contributed by atoms with Gasteiger partial charge < -0.3 is 14.6 Å². The highest BCUT2D eigenvalue weighted by Crippen LogP contribution is 2.38. The van der Waals surface area contributed by atoms with Gasteiger partial charge in [-0.3, -0.25) is 4.90 Å². The van der Waals surface area contributed by atoms with Crippen molar-refractivity contribution < 1.29 is 4.74 Å². The summed E-state index contributed by atoms with van der Waals surface area (Å²) in [6.07, 6.45) is 6.31. The molecule has 3 heterocycles. The van der Waals surface area contributed by atoms with Gasteiger partial charge in [0, 0.05) is 50.2 Å². The summed E-state index contributed by atoms with van der Waals surface area (Å²) in [6.45, 7) is 7.59. The molecule has 2 atom stereocenters. The third-order valence-electron chi connectivity index (χ3n) is 5.28. The Kier molecular flexibility index (Phi) is 4.91. The van der Waals surface area contributed by atoms with E-state index in [-0.39, 0.29) is 12.1 Å². The Morgan fingerprint density at radius 2 is 2.15 bits per heavy atom. The molecule has 1 aliphatic heterocycles. The number of nitrogens with zero attached hydrogens (tertiary/aromatic N) is 5. The summed E-state index contributed by atoms with van der Waals surface area (Å²) in [5.41, 5.74) is 1.02. The Morgan fingerprint density at radius 1 is 1.31 bits per heavy atom. The predicted molar refractivity (Wildman–Crippen MR) is 100 cm³/mol. The minimum atomic E-state index is 0.0319. The summed E-state index contributed by atoms with van der Waals surface area (Å²) in [6, 6.07) is 2.16. The highest BCUT2D eigenvalue weighted by Gasteiger charge is 2.35. The van der Waals surface area contributed by atoms with E-state index in [1.807, 2.05) is 32.4 Å². The van der Waals surface area contributed by atoms with Crippen molar-refractivity contribution in [3.8, 4) is 0 Å². The van der Waals surface area contributed by atoms with Crippen LogP contribution < -0.4 is 5.32 Å². The summed E-state index contributed by atoms with van der Waals surface area (Å²) in [5.74, 6) is 3.48. The minimum absolute atomic E-state index is 0.0319. The second kappa shape index (κ2) is 7.32. The Hall–Kier alpha value is -1.99. The second-order valence-corrected chi connectivity index (χ2v) is 7.29. The maximum Gasteiger partial charge on any atom is 0.134 e. The zero-order chi connectivity index (χ0) is 18.1. The lowest BCUT2D eigenvalue weighted by atomic mass is 10.1. The summed E-state index contributed by atoms with van der Waals surface area (Å²) in [5, 5.41) is 3.49. The number of ether oxygens (including phenoxy) is 1. The number of nitrogens with one attached hydrogen (secondary N) is 1. The van der Waals surface area contributed by atoms with E-state index >= 15 is 0 Å². The van der Waals surface area contributed by atoms with E-state index in [2.05, 4.69) is 31.7 Å². The van der Waals surface area contributed by atoms with Crippen molar-refractivity contribution in [3.63, 3.8) is 0 Å². The third-order valence-corrected chi connectivity index (χ3v) is 5.28. The summed E-state index contributed by atoms with van der Waals surface area (Å²) in [7, 11) is 2.05. The lowest BCUT2D eigenvalue weighted by Crippen LogP contribution is -2.48. The number of morpholine rings is 1. The van der Waals surface area contributed by atoms with E-state index in [4.69, 9.17) is 9.72 Å². The van der Waals surface area contributed by atoms with E-state index in [9.17, 15) is 0 Å². The van der Waals surface area contributed by atoms with Crippen LogP contribution in [-0.2, 0) is 11.8 Å². The van der Waals surface area contributed by atoms with Gasteiger partial charge in [0.2, 0.25) is 0 Å². The van der Waals surface area contributed by atoms with Crippen LogP contribution in [0.25, 0.3) is 0 Å². The van der Waals surface area contributed by atoms with Crippen LogP contribution in [0.5, 0.6) is 0 Å². The summed E-state index contributed by atoms with van der Waals surface area (Å²) < 4.78 is 8.23. The molecule has 7 nitrogen and oxygen atoms in total. The van der Waals surface area contributed by atoms with Crippen LogP contribution in [0.2, 0.25) is 0 Å². The first-order valence-electron chi connectivity index (χ1n) is 9.58. The average molecular weight is 356 g/mol. The smallest absolute Gasteiger partial charge is 0.134 e.